The van der Waals surface area contributed by atoms with E-state index in [1.165, 1.54) is 25.7 Å². The highest BCUT2D eigenvalue weighted by molar-refractivity contribution is 5.77. The molecule has 142 heavy (non-hydrogen) atoms. The van der Waals surface area contributed by atoms with E-state index in [9.17, 15) is 0 Å². The smallest absolute Gasteiger partial charge is 0.495 e. The Kier molecular flexibility index (Phi) is 41.1. The molecule has 0 atom stereocenters. The fourth-order valence-corrected chi connectivity index (χ4v) is 18.4. The second kappa shape index (κ2) is 55.6. The van der Waals surface area contributed by atoms with Gasteiger partial charge in [-0.05, 0) is 179 Å². The van der Waals surface area contributed by atoms with Gasteiger partial charge >= 0.3 is 34.0 Å². The van der Waals surface area contributed by atoms with Crippen LogP contribution in [0.4, 0.5) is 86.6 Å². The highest BCUT2D eigenvalue weighted by Gasteiger charge is 2.33. The Labute approximate surface area is 839 Å². The van der Waals surface area contributed by atoms with Crippen LogP contribution in [0, 0.1) is 0 Å². The molecule has 0 amide bonds. The number of hydrogen-bond donors (Lipinski definition) is 8. The van der Waals surface area contributed by atoms with Gasteiger partial charge in [-0.25, -0.2) is 45.7 Å². The average Bonchev–Trinajstić information content (AvgIpc) is 1.12. The fraction of sp³-hybridized carbons (Fsp3) is 0.554. The maximum atomic E-state index is 5.88. The number of aryl methyl sites for hydroxylation is 10. The molecule has 2 saturated heterocycles. The number of benzene rings is 5. The van der Waals surface area contributed by atoms with Gasteiger partial charge in [-0.1, -0.05) is 25.6 Å². The van der Waals surface area contributed by atoms with Gasteiger partial charge in [0.05, 0.1) is 219 Å². The van der Waals surface area contributed by atoms with Crippen molar-refractivity contribution in [2.45, 2.75) is 181 Å². The zero-order chi connectivity index (χ0) is 99.0. The molecule has 5 aromatic carbocycles. The second-order valence-corrected chi connectivity index (χ2v) is 36.5. The van der Waals surface area contributed by atoms with Gasteiger partial charge in [0.2, 0.25) is 0 Å². The third-order valence-corrected chi connectivity index (χ3v) is 26.1. The predicted molar refractivity (Wildman–Crippen MR) is 548 cm³/mol. The molecule has 8 aliphatic heterocycles. The third-order valence-electron chi connectivity index (χ3n) is 26.1. The van der Waals surface area contributed by atoms with Gasteiger partial charge in [0, 0.05) is 100 Å². The molecule has 766 valence electrons. The first-order valence-electron chi connectivity index (χ1n) is 51.7. The number of nitrogens with zero attached hydrogens (tertiary/aromatic N) is 25. The first-order chi connectivity index (χ1) is 69.8. The number of methoxy groups -OCH3 is 2. The van der Waals surface area contributed by atoms with Crippen molar-refractivity contribution >= 4 is 86.6 Å². The Morgan fingerprint density at radius 2 is 0.549 bits per heavy atom. The van der Waals surface area contributed by atoms with Crippen LogP contribution in [-0.4, -0.2) is 195 Å². The minimum atomic E-state index is 0. The van der Waals surface area contributed by atoms with Crippen molar-refractivity contribution in [1.82, 2.24) is 22.8 Å². The van der Waals surface area contributed by atoms with E-state index in [1.54, 1.807) is 14.2 Å². The van der Waals surface area contributed by atoms with Crippen molar-refractivity contribution in [3.8, 4) is 46.0 Å². The van der Waals surface area contributed by atoms with Gasteiger partial charge in [-0.3, -0.25) is 0 Å². The zero-order valence-electron chi connectivity index (χ0n) is 87.6. The highest BCUT2D eigenvalue weighted by Crippen LogP contribution is 2.49. The quantitative estimate of drug-likeness (QED) is 0.00998. The number of aromatic nitrogens is 10. The lowest BCUT2D eigenvalue weighted by Crippen LogP contribution is -2.50. The summed E-state index contributed by atoms with van der Waals surface area (Å²) in [5.41, 5.74) is 47.5. The number of azo groups is 5. The van der Waals surface area contributed by atoms with Crippen molar-refractivity contribution in [2.24, 2.45) is 88.2 Å². The molecule has 8 aliphatic rings. The molecule has 5 aromatic heterocycles. The summed E-state index contributed by atoms with van der Waals surface area (Å²) in [5, 5.41) is 45.4. The third kappa shape index (κ3) is 28.8. The summed E-state index contributed by atoms with van der Waals surface area (Å²) in [6.07, 6.45) is 42.4. The van der Waals surface area contributed by atoms with Crippen molar-refractivity contribution in [3.05, 3.63) is 135 Å². The van der Waals surface area contributed by atoms with Crippen molar-refractivity contribution in [3.63, 3.8) is 0 Å². The monoisotopic (exact) mass is 1960 g/mol. The van der Waals surface area contributed by atoms with Crippen LogP contribution in [0.25, 0.3) is 0 Å². The number of nitrogens with two attached hydrogens (primary N) is 4. The highest BCUT2D eigenvalue weighted by atomic mass is 16.5. The van der Waals surface area contributed by atoms with E-state index < -0.39 is 0 Å². The standard InChI is InChI=1S/3C21H32N7O2.2C19H29N6O/c3*22-5-1-3-7-27-9-10-28(8-4-2-6-23)21(27)25-24-17-15-18-20-19(16-17)30-14-12-26(20)11-13-29-18;2*1-23-13-14-25(12-4-3-9-20)19(23)22-21-16-7-8-17(18(15-16)26-2)24-10-5-6-11-24/h3*9-10,15-16H,1-8,11-14,22-23H2;2*7-8,13-15H,3-6,9-12,20H2,1-2H3/q5*+1/p+7. The maximum absolute atomic E-state index is 5.88. The number of imidazole rings is 5. The molecule has 13 heterocycles. The van der Waals surface area contributed by atoms with E-state index in [0.29, 0.717) is 65.8 Å². The van der Waals surface area contributed by atoms with E-state index in [4.69, 9.17) is 60.8 Å². The molecule has 10 aromatic rings. The molecule has 0 radical (unpaired) electrons. The van der Waals surface area contributed by atoms with E-state index in [2.05, 4.69) is 191 Å². The van der Waals surface area contributed by atoms with Crippen molar-refractivity contribution < 1.29 is 87.9 Å². The largest absolute Gasteiger partial charge is 1.00 e. The van der Waals surface area contributed by atoms with Crippen LogP contribution >= 0.6 is 0 Å². The van der Waals surface area contributed by atoms with Crippen LogP contribution in [0.3, 0.4) is 0 Å². The van der Waals surface area contributed by atoms with Gasteiger partial charge < -0.3 is 108 Å². The number of anilines is 5. The summed E-state index contributed by atoms with van der Waals surface area (Å²) in [6, 6.07) is 23.8. The van der Waals surface area contributed by atoms with Crippen LogP contribution < -0.4 is 131 Å². The molecule has 0 unspecified atom stereocenters. The lowest BCUT2D eigenvalue weighted by Gasteiger charge is -2.36. The van der Waals surface area contributed by atoms with Gasteiger partial charge in [0.25, 0.3) is 0 Å². The topological polar surface area (TPSA) is 472 Å². The van der Waals surface area contributed by atoms with E-state index in [1.807, 2.05) is 102 Å². The maximum Gasteiger partial charge on any atom is 1.00 e. The number of ether oxygens (including phenoxy) is 8. The number of hydrogen-bond acceptors (Lipinski definition) is 27. The fourth-order valence-electron chi connectivity index (χ4n) is 18.4. The molecule has 2 fully saturated rings. The normalized spacial score (nSPS) is 14.9. The summed E-state index contributed by atoms with van der Waals surface area (Å²) < 4.78 is 67.6. The molecule has 41 nitrogen and oxygen atoms in total. The first kappa shape index (κ1) is 105. The van der Waals surface area contributed by atoms with Gasteiger partial charge in [0.1, 0.15) is 131 Å². The van der Waals surface area contributed by atoms with Crippen LogP contribution in [0.2, 0.25) is 0 Å². The predicted octanol–water partition coefficient (Wildman–Crippen LogP) is 10.4. The summed E-state index contributed by atoms with van der Waals surface area (Å²) in [4.78, 5) is 11.7. The summed E-state index contributed by atoms with van der Waals surface area (Å²) in [5.74, 6) is 10.9. The number of unbranched alkanes of at least 4 members (excludes halogenated alkanes) is 8. The molecule has 41 heteroatoms. The Hall–Kier alpha value is -12.8. The second-order valence-electron chi connectivity index (χ2n) is 36.5. The number of rotatable bonds is 46. The Morgan fingerprint density at radius 3 is 0.838 bits per heavy atom. The number of quaternary nitrogens is 4. The molecule has 20 N–H and O–H groups in total. The molecule has 0 aliphatic carbocycles. The lowest BCUT2D eigenvalue weighted by atomic mass is 10.1. The SMILES string of the molecule is COc1cc(N=Nc2n(CCCCN)cc[n+]2C)ccc1N1CCCC1.COc1cc(N=Nc2n(CCCC[NH3+])cc[n+]2C)ccc1N1CCCC1.NCCCC[n+]1ccn(CCCC[NH3+])c1N=Nc1cc2c3c(c1)OCCN3CCO2.NCCCCn1cc[n+](CCCCN)c1N=Nc1cc2c3c(c1)OCCN3CCO2.[H+].[H+].[H+].[NH3+]CCCCn1cc[n+](CCCC[NH3+])c1N=Nc1cc2c3c(c1)OCCN3CCO2. The zero-order valence-corrected chi connectivity index (χ0v) is 84.6. The van der Waals surface area contributed by atoms with E-state index >= 15 is 0 Å². The lowest BCUT2D eigenvalue weighted by molar-refractivity contribution is -0.684. The van der Waals surface area contributed by atoms with Gasteiger partial charge in [-0.2, -0.15) is 0 Å². The molecule has 0 bridgehead atoms. The van der Waals surface area contributed by atoms with Crippen molar-refractivity contribution in [2.75, 3.05) is 196 Å². The van der Waals surface area contributed by atoms with Gasteiger partial charge in [0.15, 0.2) is 0 Å². The molecule has 18 rings (SSSR count). The van der Waals surface area contributed by atoms with Crippen LogP contribution in [0.1, 0.15) is 133 Å². The van der Waals surface area contributed by atoms with Gasteiger partial charge in [-0.15, -0.1) is 0 Å². The molecule has 0 saturated carbocycles. The van der Waals surface area contributed by atoms with E-state index in [0.717, 1.165) is 379 Å². The molecular formula is C101H161N33O8+12. The minimum absolute atomic E-state index is 0. The van der Waals surface area contributed by atoms with Crippen LogP contribution in [0.15, 0.2) is 186 Å². The Balaban J connectivity index is 0.000000172. The van der Waals surface area contributed by atoms with Crippen molar-refractivity contribution in [1.29, 1.82) is 0 Å². The van der Waals surface area contributed by atoms with Crippen LogP contribution in [-0.2, 0) is 66.5 Å². The molecule has 0 spiro atoms. The Bertz CT molecular complexity index is 5110. The minimum Gasteiger partial charge on any atom is -0.495 e. The first-order valence-corrected chi connectivity index (χ1v) is 51.7. The van der Waals surface area contributed by atoms with Crippen LogP contribution in [0.5, 0.6) is 46.0 Å². The summed E-state index contributed by atoms with van der Waals surface area (Å²) in [7, 11) is 7.39. The average molecular weight is 1970 g/mol. The summed E-state index contributed by atoms with van der Waals surface area (Å²) in [6.45, 7) is 27.7. The Morgan fingerprint density at radius 1 is 0.296 bits per heavy atom. The summed E-state index contributed by atoms with van der Waals surface area (Å²) >= 11 is 0. The van der Waals surface area contributed by atoms with E-state index in [-0.39, 0.29) is 4.28 Å². The molecular weight excluding hydrogens is 1800 g/mol.